The van der Waals surface area contributed by atoms with Gasteiger partial charge in [-0.05, 0) is 31.9 Å². The number of halogens is 7. The van der Waals surface area contributed by atoms with E-state index in [-0.39, 0.29) is 24.1 Å². The van der Waals surface area contributed by atoms with E-state index in [0.29, 0.717) is 19.7 Å². The first-order chi connectivity index (χ1) is 17.6. The maximum Gasteiger partial charge on any atom is 0.490 e. The van der Waals surface area contributed by atoms with Crippen molar-refractivity contribution in [3.8, 4) is 5.88 Å². The molecule has 2 aliphatic heterocycles. The summed E-state index contributed by atoms with van der Waals surface area (Å²) in [4.78, 5) is 24.1. The largest absolute Gasteiger partial charge is 0.490 e. The summed E-state index contributed by atoms with van der Waals surface area (Å²) in [5.74, 6) is -5.13. The molecule has 3 atom stereocenters. The molecule has 0 saturated carbocycles. The number of rotatable bonds is 4. The van der Waals surface area contributed by atoms with Gasteiger partial charge in [0.2, 0.25) is 0 Å². The topological polar surface area (TPSA) is 135 Å². The van der Waals surface area contributed by atoms with Gasteiger partial charge >= 0.3 is 24.3 Å². The summed E-state index contributed by atoms with van der Waals surface area (Å²) in [6, 6.07) is 5.08. The summed E-state index contributed by atoms with van der Waals surface area (Å²) in [6.45, 7) is 3.91. The summed E-state index contributed by atoms with van der Waals surface area (Å²) in [5.41, 5.74) is 0.890. The van der Waals surface area contributed by atoms with Crippen molar-refractivity contribution in [3.05, 3.63) is 41.7 Å². The second-order valence-electron chi connectivity index (χ2n) is 7.96. The molecule has 0 aromatic carbocycles. The molecule has 2 aromatic heterocycles. The molecule has 17 heteroatoms. The Kier molecular flexibility index (Phi) is 10.4. The summed E-state index contributed by atoms with van der Waals surface area (Å²) in [7, 11) is 0. The van der Waals surface area contributed by atoms with Gasteiger partial charge in [0.1, 0.15) is 18.0 Å². The Hall–Kier alpha value is -3.47. The van der Waals surface area contributed by atoms with Crippen molar-refractivity contribution in [2.45, 2.75) is 56.9 Å². The lowest BCUT2D eigenvalue weighted by Crippen LogP contribution is -2.42. The Morgan fingerprint density at radius 3 is 2.26 bits per heavy atom. The van der Waals surface area contributed by atoms with Gasteiger partial charge in [-0.2, -0.15) is 26.3 Å². The van der Waals surface area contributed by atoms with E-state index < -0.39 is 30.1 Å². The predicted molar refractivity (Wildman–Crippen MR) is 110 cm³/mol. The van der Waals surface area contributed by atoms with Gasteiger partial charge < -0.3 is 24.2 Å². The van der Waals surface area contributed by atoms with Crippen LogP contribution in [-0.2, 0) is 20.9 Å². The van der Waals surface area contributed by atoms with Crippen LogP contribution in [0.15, 0.2) is 28.9 Å². The monoisotopic (exact) mass is 561 g/mol. The fraction of sp³-hybridized carbons (Fsp3) is 0.524. The Labute approximate surface area is 209 Å². The Morgan fingerprint density at radius 1 is 1.16 bits per heavy atom. The molecule has 0 radical (unpaired) electrons. The summed E-state index contributed by atoms with van der Waals surface area (Å²) in [6.07, 6.45) is -6.91. The minimum Gasteiger partial charge on any atom is -0.475 e. The quantitative estimate of drug-likeness (QED) is 0.533. The molecule has 10 nitrogen and oxygen atoms in total. The minimum absolute atomic E-state index is 0.0366. The van der Waals surface area contributed by atoms with Crippen molar-refractivity contribution in [3.63, 3.8) is 0 Å². The van der Waals surface area contributed by atoms with Gasteiger partial charge in [-0.3, -0.25) is 4.90 Å². The summed E-state index contributed by atoms with van der Waals surface area (Å²) < 4.78 is 94.3. The highest BCUT2D eigenvalue weighted by atomic mass is 19.4. The van der Waals surface area contributed by atoms with Crippen LogP contribution < -0.4 is 4.74 Å². The first kappa shape index (κ1) is 30.8. The van der Waals surface area contributed by atoms with Gasteiger partial charge in [0, 0.05) is 38.0 Å². The van der Waals surface area contributed by atoms with Gasteiger partial charge in [-0.15, -0.1) is 0 Å². The zero-order valence-corrected chi connectivity index (χ0v) is 19.5. The van der Waals surface area contributed by atoms with Gasteiger partial charge in [0.15, 0.2) is 5.82 Å². The molecule has 4 heterocycles. The molecule has 2 aliphatic rings. The van der Waals surface area contributed by atoms with Gasteiger partial charge in [0.05, 0.1) is 5.69 Å². The normalized spacial score (nSPS) is 21.3. The third-order valence-corrected chi connectivity index (χ3v) is 5.10. The highest BCUT2D eigenvalue weighted by molar-refractivity contribution is 5.73. The van der Waals surface area contributed by atoms with E-state index in [4.69, 9.17) is 33.8 Å². The highest BCUT2D eigenvalue weighted by Gasteiger charge is 2.46. The molecule has 0 spiro atoms. The zero-order chi connectivity index (χ0) is 28.7. The number of nitrogens with zero attached hydrogens (tertiary/aromatic N) is 3. The molecule has 0 bridgehead atoms. The molecule has 2 aromatic rings. The number of aryl methyl sites for hydroxylation is 1. The highest BCUT2D eigenvalue weighted by Crippen LogP contribution is 2.32. The number of likely N-dealkylation sites (tertiary alicyclic amines) is 1. The molecular weight excluding hydrogens is 539 g/mol. The number of aliphatic carboxylic acids is 2. The van der Waals surface area contributed by atoms with E-state index in [9.17, 15) is 30.7 Å². The van der Waals surface area contributed by atoms with Crippen LogP contribution in [0.25, 0.3) is 0 Å². The van der Waals surface area contributed by atoms with Gasteiger partial charge in [0.25, 0.3) is 5.88 Å². The number of hydrogen-bond donors (Lipinski definition) is 2. The van der Waals surface area contributed by atoms with Crippen LogP contribution in [0.2, 0.25) is 0 Å². The number of pyridine rings is 1. The Bertz CT molecular complexity index is 1050. The first-order valence-corrected chi connectivity index (χ1v) is 10.7. The van der Waals surface area contributed by atoms with Crippen LogP contribution in [0.5, 0.6) is 5.88 Å². The number of aromatic nitrogens is 2. The second kappa shape index (κ2) is 12.9. The van der Waals surface area contributed by atoms with Gasteiger partial charge in [-0.1, -0.05) is 5.16 Å². The van der Waals surface area contributed by atoms with Crippen molar-refractivity contribution in [2.75, 3.05) is 13.2 Å². The molecule has 2 N–H and O–H groups in total. The number of carboxylic acid groups (broad SMARTS) is 2. The molecule has 0 aliphatic carbocycles. The van der Waals surface area contributed by atoms with Crippen LogP contribution in [0.1, 0.15) is 24.3 Å². The van der Waals surface area contributed by atoms with E-state index in [1.165, 1.54) is 12.3 Å². The number of ether oxygens (including phenoxy) is 2. The summed E-state index contributed by atoms with van der Waals surface area (Å²) in [5, 5.41) is 18.3. The molecule has 38 heavy (non-hydrogen) atoms. The van der Waals surface area contributed by atoms with Crippen molar-refractivity contribution in [1.82, 2.24) is 15.0 Å². The fourth-order valence-electron chi connectivity index (χ4n) is 3.59. The minimum atomic E-state index is -5.08. The SMILES string of the molecule is Cc1cc(CN2C[C@@H](Oc3ncccc3F)[C@H]3OCCC[C@H]32)no1.O=C(O)C(F)(F)F.O=C(O)C(F)(F)F. The number of carbonyl (C=O) groups is 2. The third-order valence-electron chi connectivity index (χ3n) is 5.10. The lowest BCUT2D eigenvalue weighted by atomic mass is 10.0. The number of carboxylic acids is 2. The third kappa shape index (κ3) is 9.13. The Morgan fingerprint density at radius 2 is 1.76 bits per heavy atom. The smallest absolute Gasteiger partial charge is 0.475 e. The molecule has 0 unspecified atom stereocenters. The van der Waals surface area contributed by atoms with Crippen LogP contribution in [0, 0.1) is 12.7 Å². The molecule has 212 valence electrons. The molecular formula is C21H22F7N3O7. The van der Waals surface area contributed by atoms with E-state index in [1.807, 2.05) is 13.0 Å². The standard InChI is InChI=1S/C17H20FN3O3.2C2HF3O2/c1-11-8-12(20-24-11)9-21-10-15(16-14(21)5-3-7-22-16)23-17-13(18)4-2-6-19-17;2*3-2(4,5)1(6)7/h2,4,6,8,14-16H,3,5,7,9-10H2,1H3;2*(H,6,7)/t14-,15-,16+;;/m1../s1. The van der Waals surface area contributed by atoms with Gasteiger partial charge in [-0.25, -0.2) is 19.0 Å². The van der Waals surface area contributed by atoms with Crippen molar-refractivity contribution in [2.24, 2.45) is 0 Å². The average Bonchev–Trinajstić information content (AvgIpc) is 3.38. The predicted octanol–water partition coefficient (Wildman–Crippen LogP) is 3.59. The van der Waals surface area contributed by atoms with E-state index in [0.717, 1.165) is 24.3 Å². The van der Waals surface area contributed by atoms with Crippen LogP contribution >= 0.6 is 0 Å². The molecule has 2 saturated heterocycles. The average molecular weight is 561 g/mol. The van der Waals surface area contributed by atoms with Crippen molar-refractivity contribution < 1.29 is 64.5 Å². The van der Waals surface area contributed by atoms with E-state index in [2.05, 4.69) is 15.0 Å². The summed E-state index contributed by atoms with van der Waals surface area (Å²) >= 11 is 0. The van der Waals surface area contributed by atoms with E-state index >= 15 is 0 Å². The van der Waals surface area contributed by atoms with Crippen LogP contribution in [0.4, 0.5) is 30.7 Å². The van der Waals surface area contributed by atoms with Crippen LogP contribution in [0.3, 0.4) is 0 Å². The molecule has 2 fully saturated rings. The van der Waals surface area contributed by atoms with Crippen molar-refractivity contribution in [1.29, 1.82) is 0 Å². The zero-order valence-electron chi connectivity index (χ0n) is 19.5. The molecule has 4 rings (SSSR count). The number of hydrogen-bond acceptors (Lipinski definition) is 8. The van der Waals surface area contributed by atoms with Crippen LogP contribution in [-0.4, -0.2) is 80.9 Å². The van der Waals surface area contributed by atoms with Crippen molar-refractivity contribution >= 4 is 11.9 Å². The number of fused-ring (bicyclic) bond motifs is 1. The maximum absolute atomic E-state index is 13.8. The second-order valence-corrected chi connectivity index (χ2v) is 7.96. The van der Waals surface area contributed by atoms with E-state index in [1.54, 1.807) is 6.07 Å². The first-order valence-electron chi connectivity index (χ1n) is 10.7. The lowest BCUT2D eigenvalue weighted by Gasteiger charge is -2.31. The lowest BCUT2D eigenvalue weighted by molar-refractivity contribution is -0.193. The Balaban J connectivity index is 0.000000301. The maximum atomic E-state index is 13.8. The molecule has 0 amide bonds. The number of alkyl halides is 6. The fourth-order valence-corrected chi connectivity index (χ4v) is 3.59.